The van der Waals surface area contributed by atoms with Crippen LogP contribution < -0.4 is 5.32 Å². The van der Waals surface area contributed by atoms with Crippen molar-refractivity contribution in [1.29, 1.82) is 0 Å². The molecule has 1 aromatic rings. The monoisotopic (exact) mass is 235 g/mol. The number of hydrogen-bond donors (Lipinski definition) is 1. The Morgan fingerprint density at radius 3 is 3.24 bits per heavy atom. The quantitative estimate of drug-likeness (QED) is 0.866. The number of nitrogens with zero attached hydrogens (tertiary/aromatic N) is 2. The Hall–Kier alpha value is -1.13. The normalized spacial score (nSPS) is 22.1. The molecule has 0 radical (unpaired) electrons. The average molecular weight is 235 g/mol. The van der Waals surface area contributed by atoms with E-state index in [1.807, 2.05) is 19.2 Å². The molecule has 0 spiro atoms. The second-order valence-electron chi connectivity index (χ2n) is 4.53. The fourth-order valence-corrected chi connectivity index (χ4v) is 2.16. The van der Waals surface area contributed by atoms with Crippen LogP contribution in [0.1, 0.15) is 19.0 Å². The van der Waals surface area contributed by atoms with Crippen molar-refractivity contribution in [2.45, 2.75) is 26.0 Å². The zero-order valence-electron chi connectivity index (χ0n) is 10.6. The highest BCUT2D eigenvalue weighted by Crippen LogP contribution is 2.11. The third kappa shape index (κ3) is 3.68. The first-order chi connectivity index (χ1) is 8.28. The maximum Gasteiger partial charge on any atom is 0.126 e. The van der Waals surface area contributed by atoms with E-state index in [1.54, 1.807) is 0 Å². The molecule has 1 N–H and O–H groups in total. The molecule has 1 unspecified atom stereocenters. The molecule has 0 amide bonds. The lowest BCUT2D eigenvalue weighted by Crippen LogP contribution is -2.30. The molecule has 94 valence electrons. The van der Waals surface area contributed by atoms with E-state index in [4.69, 9.17) is 4.74 Å². The van der Waals surface area contributed by atoms with E-state index < -0.39 is 0 Å². The minimum absolute atomic E-state index is 0.324. The van der Waals surface area contributed by atoms with Crippen molar-refractivity contribution in [1.82, 2.24) is 9.88 Å². The molecule has 1 atom stereocenters. The summed E-state index contributed by atoms with van der Waals surface area (Å²) in [6.45, 7) is 6.00. The standard InChI is InChI=1S/C13H21N3O/c1-11-9-16(7-4-8-17-11)10-12-5-3-6-13(14-2)15-12/h3,5-6,11H,4,7-10H2,1-2H3,(H,14,15). The molecule has 1 aliphatic rings. The molecule has 1 saturated heterocycles. The van der Waals surface area contributed by atoms with Crippen molar-refractivity contribution in [2.24, 2.45) is 0 Å². The molecule has 0 saturated carbocycles. The van der Waals surface area contributed by atoms with Gasteiger partial charge in [0, 0.05) is 33.3 Å². The topological polar surface area (TPSA) is 37.4 Å². The van der Waals surface area contributed by atoms with Crippen LogP contribution in [0.15, 0.2) is 18.2 Å². The molecular formula is C13H21N3O. The molecule has 2 rings (SSSR count). The predicted molar refractivity (Wildman–Crippen MR) is 69.1 cm³/mol. The number of ether oxygens (including phenoxy) is 1. The van der Waals surface area contributed by atoms with Crippen molar-refractivity contribution < 1.29 is 4.74 Å². The SMILES string of the molecule is CNc1cccc(CN2CCCOC(C)C2)n1. The number of nitrogens with one attached hydrogen (secondary N) is 1. The van der Waals surface area contributed by atoms with Crippen LogP contribution >= 0.6 is 0 Å². The smallest absolute Gasteiger partial charge is 0.126 e. The molecular weight excluding hydrogens is 214 g/mol. The van der Waals surface area contributed by atoms with Gasteiger partial charge in [0.25, 0.3) is 0 Å². The van der Waals surface area contributed by atoms with Crippen LogP contribution in [-0.2, 0) is 11.3 Å². The summed E-state index contributed by atoms with van der Waals surface area (Å²) >= 11 is 0. The summed E-state index contributed by atoms with van der Waals surface area (Å²) in [7, 11) is 1.90. The highest BCUT2D eigenvalue weighted by molar-refractivity contribution is 5.34. The zero-order chi connectivity index (χ0) is 12.1. The van der Waals surface area contributed by atoms with Crippen LogP contribution in [0.25, 0.3) is 0 Å². The van der Waals surface area contributed by atoms with Crippen molar-refractivity contribution in [3.05, 3.63) is 23.9 Å². The fourth-order valence-electron chi connectivity index (χ4n) is 2.16. The van der Waals surface area contributed by atoms with Crippen molar-refractivity contribution in [3.63, 3.8) is 0 Å². The van der Waals surface area contributed by atoms with E-state index in [0.717, 1.165) is 44.2 Å². The summed E-state index contributed by atoms with van der Waals surface area (Å²) in [5.41, 5.74) is 1.12. The minimum Gasteiger partial charge on any atom is -0.377 e. The van der Waals surface area contributed by atoms with Crippen LogP contribution in [0.5, 0.6) is 0 Å². The van der Waals surface area contributed by atoms with Crippen LogP contribution in [0, 0.1) is 0 Å². The van der Waals surface area contributed by atoms with Crippen LogP contribution in [0.3, 0.4) is 0 Å². The minimum atomic E-state index is 0.324. The number of rotatable bonds is 3. The Bertz CT molecular complexity index is 356. The van der Waals surface area contributed by atoms with Gasteiger partial charge >= 0.3 is 0 Å². The van der Waals surface area contributed by atoms with E-state index in [-0.39, 0.29) is 0 Å². The summed E-state index contributed by atoms with van der Waals surface area (Å²) in [4.78, 5) is 6.96. The number of hydrogen-bond acceptors (Lipinski definition) is 4. The molecule has 0 aliphatic carbocycles. The van der Waals surface area contributed by atoms with Crippen LogP contribution in [-0.4, -0.2) is 42.7 Å². The van der Waals surface area contributed by atoms with Gasteiger partial charge < -0.3 is 10.1 Å². The lowest BCUT2D eigenvalue weighted by Gasteiger charge is -2.21. The number of aromatic nitrogens is 1. The van der Waals surface area contributed by atoms with Gasteiger partial charge in [0.15, 0.2) is 0 Å². The highest BCUT2D eigenvalue weighted by Gasteiger charge is 2.15. The summed E-state index contributed by atoms with van der Waals surface area (Å²) < 4.78 is 5.64. The fraction of sp³-hybridized carbons (Fsp3) is 0.615. The van der Waals surface area contributed by atoms with E-state index in [0.29, 0.717) is 6.10 Å². The first-order valence-corrected chi connectivity index (χ1v) is 6.25. The zero-order valence-corrected chi connectivity index (χ0v) is 10.6. The van der Waals surface area contributed by atoms with E-state index in [9.17, 15) is 0 Å². The van der Waals surface area contributed by atoms with E-state index in [2.05, 4.69) is 28.2 Å². The first kappa shape index (κ1) is 12.3. The number of pyridine rings is 1. The van der Waals surface area contributed by atoms with Gasteiger partial charge in [-0.25, -0.2) is 4.98 Å². The molecule has 2 heterocycles. The van der Waals surface area contributed by atoms with Gasteiger partial charge in [-0.3, -0.25) is 4.90 Å². The molecule has 0 bridgehead atoms. The maximum atomic E-state index is 5.64. The Morgan fingerprint density at radius 2 is 2.41 bits per heavy atom. The molecule has 1 aromatic heterocycles. The lowest BCUT2D eigenvalue weighted by atomic mass is 10.3. The highest BCUT2D eigenvalue weighted by atomic mass is 16.5. The third-order valence-corrected chi connectivity index (χ3v) is 2.98. The number of anilines is 1. The molecule has 1 fully saturated rings. The Labute approximate surface area is 103 Å². The van der Waals surface area contributed by atoms with Gasteiger partial charge in [0.1, 0.15) is 5.82 Å². The van der Waals surface area contributed by atoms with E-state index in [1.165, 1.54) is 0 Å². The van der Waals surface area contributed by atoms with Crippen LogP contribution in [0.4, 0.5) is 5.82 Å². The molecule has 0 aromatic carbocycles. The Morgan fingerprint density at radius 1 is 1.53 bits per heavy atom. The van der Waals surface area contributed by atoms with Crippen molar-refractivity contribution in [2.75, 3.05) is 32.1 Å². The van der Waals surface area contributed by atoms with Gasteiger partial charge in [-0.05, 0) is 25.5 Å². The summed E-state index contributed by atoms with van der Waals surface area (Å²) in [6, 6.07) is 6.11. The molecule has 1 aliphatic heterocycles. The second-order valence-corrected chi connectivity index (χ2v) is 4.53. The van der Waals surface area contributed by atoms with Gasteiger partial charge in [0.2, 0.25) is 0 Å². The first-order valence-electron chi connectivity index (χ1n) is 6.25. The summed E-state index contributed by atoms with van der Waals surface area (Å²) in [6.07, 6.45) is 1.43. The lowest BCUT2D eigenvalue weighted by molar-refractivity contribution is 0.0666. The Balaban J connectivity index is 1.98. The average Bonchev–Trinajstić information content (AvgIpc) is 2.54. The van der Waals surface area contributed by atoms with Gasteiger partial charge in [-0.15, -0.1) is 0 Å². The van der Waals surface area contributed by atoms with Crippen molar-refractivity contribution in [3.8, 4) is 0 Å². The molecule has 4 nitrogen and oxygen atoms in total. The van der Waals surface area contributed by atoms with Gasteiger partial charge in [-0.1, -0.05) is 6.07 Å². The molecule has 4 heteroatoms. The maximum absolute atomic E-state index is 5.64. The van der Waals surface area contributed by atoms with Crippen molar-refractivity contribution >= 4 is 5.82 Å². The third-order valence-electron chi connectivity index (χ3n) is 2.98. The van der Waals surface area contributed by atoms with Gasteiger partial charge in [-0.2, -0.15) is 0 Å². The Kier molecular flexibility index (Phi) is 4.34. The van der Waals surface area contributed by atoms with Gasteiger partial charge in [0.05, 0.1) is 11.8 Å². The van der Waals surface area contributed by atoms with E-state index >= 15 is 0 Å². The summed E-state index contributed by atoms with van der Waals surface area (Å²) in [5.74, 6) is 0.932. The summed E-state index contributed by atoms with van der Waals surface area (Å²) in [5, 5.41) is 3.07. The second kappa shape index (κ2) is 5.98. The predicted octanol–water partition coefficient (Wildman–Crippen LogP) is 1.73. The molecule has 17 heavy (non-hydrogen) atoms. The van der Waals surface area contributed by atoms with Crippen LogP contribution in [0.2, 0.25) is 0 Å². The largest absolute Gasteiger partial charge is 0.377 e.